The number of benzene rings is 3. The molecule has 6 heteroatoms. The maximum atomic E-state index is 13.4. The van der Waals surface area contributed by atoms with E-state index in [0.717, 1.165) is 16.7 Å². The highest BCUT2D eigenvalue weighted by atomic mass is 19.1. The van der Waals surface area contributed by atoms with E-state index in [9.17, 15) is 9.18 Å². The van der Waals surface area contributed by atoms with Crippen molar-refractivity contribution in [1.82, 2.24) is 15.3 Å². The van der Waals surface area contributed by atoms with E-state index in [1.165, 1.54) is 17.7 Å². The minimum atomic E-state index is -0.308. The minimum Gasteiger partial charge on any atom is -0.348 e. The molecule has 3 aromatic carbocycles. The summed E-state index contributed by atoms with van der Waals surface area (Å²) >= 11 is 0. The second kappa shape index (κ2) is 9.39. The lowest BCUT2D eigenvalue weighted by atomic mass is 10.1. The molecule has 4 aromatic rings. The predicted molar refractivity (Wildman–Crippen MR) is 124 cm³/mol. The molecular weight excluding hydrogens is 403 g/mol. The summed E-state index contributed by atoms with van der Waals surface area (Å²) in [6.07, 6.45) is 3.26. The van der Waals surface area contributed by atoms with Crippen LogP contribution in [0.1, 0.15) is 27.0 Å². The summed E-state index contributed by atoms with van der Waals surface area (Å²) in [6.45, 7) is 4.55. The Bertz CT molecular complexity index is 1250. The summed E-state index contributed by atoms with van der Waals surface area (Å²) in [5.74, 6) is -0.0775. The number of nitrogens with one attached hydrogen (secondary N) is 2. The summed E-state index contributed by atoms with van der Waals surface area (Å²) in [4.78, 5) is 21.2. The van der Waals surface area contributed by atoms with Gasteiger partial charge >= 0.3 is 0 Å². The molecule has 1 heterocycles. The van der Waals surface area contributed by atoms with E-state index in [2.05, 4.69) is 26.7 Å². The van der Waals surface area contributed by atoms with E-state index in [1.807, 2.05) is 32.0 Å². The Morgan fingerprint density at radius 1 is 0.906 bits per heavy atom. The van der Waals surface area contributed by atoms with Crippen molar-refractivity contribution < 1.29 is 9.18 Å². The molecule has 32 heavy (non-hydrogen) atoms. The first-order valence-corrected chi connectivity index (χ1v) is 10.3. The molecule has 0 radical (unpaired) electrons. The number of hydrogen-bond acceptors (Lipinski definition) is 4. The summed E-state index contributed by atoms with van der Waals surface area (Å²) in [5.41, 5.74) is 6.10. The molecule has 0 saturated carbocycles. The molecule has 1 aromatic heterocycles. The van der Waals surface area contributed by atoms with E-state index in [4.69, 9.17) is 0 Å². The highest BCUT2D eigenvalue weighted by molar-refractivity contribution is 5.95. The second-order valence-corrected chi connectivity index (χ2v) is 7.62. The van der Waals surface area contributed by atoms with Crippen molar-refractivity contribution in [2.45, 2.75) is 20.4 Å². The number of rotatable bonds is 6. The Balaban J connectivity index is 1.42. The molecule has 4 rings (SSSR count). The average Bonchev–Trinajstić information content (AvgIpc) is 2.79. The molecule has 0 aliphatic rings. The van der Waals surface area contributed by atoms with Gasteiger partial charge in [-0.2, -0.15) is 0 Å². The van der Waals surface area contributed by atoms with Crippen LogP contribution in [0.2, 0.25) is 0 Å². The van der Waals surface area contributed by atoms with Crippen LogP contribution < -0.4 is 10.6 Å². The quantitative estimate of drug-likeness (QED) is 0.423. The van der Waals surface area contributed by atoms with Crippen LogP contribution in [0.15, 0.2) is 79.1 Å². The van der Waals surface area contributed by atoms with Crippen LogP contribution in [0.3, 0.4) is 0 Å². The molecule has 0 fully saturated rings. The van der Waals surface area contributed by atoms with Gasteiger partial charge in [0.25, 0.3) is 5.91 Å². The van der Waals surface area contributed by atoms with Gasteiger partial charge < -0.3 is 10.6 Å². The number of aromatic nitrogens is 2. The number of nitrogens with zero attached hydrogens (tertiary/aromatic N) is 2. The van der Waals surface area contributed by atoms with Crippen LogP contribution in [-0.4, -0.2) is 15.9 Å². The van der Waals surface area contributed by atoms with E-state index in [-0.39, 0.29) is 11.7 Å². The summed E-state index contributed by atoms with van der Waals surface area (Å²) in [7, 11) is 0. The lowest BCUT2D eigenvalue weighted by Crippen LogP contribution is -2.23. The third-order valence-electron chi connectivity index (χ3n) is 5.13. The first-order chi connectivity index (χ1) is 15.5. The van der Waals surface area contributed by atoms with Crippen molar-refractivity contribution in [3.63, 3.8) is 0 Å². The van der Waals surface area contributed by atoms with Crippen LogP contribution >= 0.6 is 0 Å². The van der Waals surface area contributed by atoms with Gasteiger partial charge in [0.2, 0.25) is 5.95 Å². The predicted octanol–water partition coefficient (Wildman–Crippen LogP) is 5.57. The van der Waals surface area contributed by atoms with E-state index in [1.54, 1.807) is 42.7 Å². The summed E-state index contributed by atoms with van der Waals surface area (Å²) < 4.78 is 13.4. The molecule has 0 aliphatic heterocycles. The maximum absolute atomic E-state index is 13.4. The van der Waals surface area contributed by atoms with Gasteiger partial charge in [-0.05, 0) is 60.9 Å². The molecule has 0 bridgehead atoms. The van der Waals surface area contributed by atoms with Crippen LogP contribution in [0.4, 0.5) is 16.0 Å². The molecule has 0 saturated heterocycles. The van der Waals surface area contributed by atoms with Crippen molar-refractivity contribution in [2.75, 3.05) is 5.32 Å². The van der Waals surface area contributed by atoms with Gasteiger partial charge in [-0.25, -0.2) is 14.4 Å². The fourth-order valence-electron chi connectivity index (χ4n) is 3.40. The first-order valence-electron chi connectivity index (χ1n) is 10.3. The van der Waals surface area contributed by atoms with Gasteiger partial charge in [0.15, 0.2) is 0 Å². The lowest BCUT2D eigenvalue weighted by Gasteiger charge is -2.10. The molecular formula is C26H23FN4O. The Morgan fingerprint density at radius 2 is 1.69 bits per heavy atom. The fraction of sp³-hybridized carbons (Fsp3) is 0.115. The van der Waals surface area contributed by atoms with Crippen LogP contribution in [0, 0.1) is 19.7 Å². The number of carbonyl (C=O) groups is 1. The zero-order valence-corrected chi connectivity index (χ0v) is 17.9. The summed E-state index contributed by atoms with van der Waals surface area (Å²) in [6, 6.07) is 19.6. The monoisotopic (exact) mass is 426 g/mol. The number of carbonyl (C=O) groups excluding carboxylic acids is 1. The highest BCUT2D eigenvalue weighted by Gasteiger charge is 2.08. The largest absolute Gasteiger partial charge is 0.348 e. The zero-order chi connectivity index (χ0) is 22.5. The van der Waals surface area contributed by atoms with Gasteiger partial charge in [-0.3, -0.25) is 4.79 Å². The molecule has 5 nitrogen and oxygen atoms in total. The fourth-order valence-corrected chi connectivity index (χ4v) is 3.40. The Kier molecular flexibility index (Phi) is 6.22. The lowest BCUT2D eigenvalue weighted by molar-refractivity contribution is 0.0951. The Labute approximate surface area is 186 Å². The second-order valence-electron chi connectivity index (χ2n) is 7.62. The van der Waals surface area contributed by atoms with Crippen molar-refractivity contribution in [3.05, 3.63) is 107 Å². The third-order valence-corrected chi connectivity index (χ3v) is 5.13. The van der Waals surface area contributed by atoms with Crippen LogP contribution in [0.25, 0.3) is 11.1 Å². The van der Waals surface area contributed by atoms with Crippen LogP contribution in [0.5, 0.6) is 0 Å². The normalized spacial score (nSPS) is 10.6. The molecule has 0 unspecified atom stereocenters. The molecule has 0 spiro atoms. The molecule has 2 N–H and O–H groups in total. The zero-order valence-electron chi connectivity index (χ0n) is 17.9. The van der Waals surface area contributed by atoms with E-state index >= 15 is 0 Å². The van der Waals surface area contributed by atoms with Crippen molar-refractivity contribution >= 4 is 17.5 Å². The smallest absolute Gasteiger partial charge is 0.251 e. The molecule has 1 amide bonds. The third kappa shape index (κ3) is 5.16. The summed E-state index contributed by atoms with van der Waals surface area (Å²) in [5, 5.41) is 6.07. The van der Waals surface area contributed by atoms with Crippen LogP contribution in [-0.2, 0) is 6.54 Å². The van der Waals surface area contributed by atoms with Gasteiger partial charge in [0.05, 0.1) is 0 Å². The first kappa shape index (κ1) is 21.2. The van der Waals surface area contributed by atoms with E-state index in [0.29, 0.717) is 29.3 Å². The van der Waals surface area contributed by atoms with Crippen molar-refractivity contribution in [3.8, 4) is 11.1 Å². The number of halogens is 1. The number of amides is 1. The Morgan fingerprint density at radius 3 is 2.44 bits per heavy atom. The molecule has 0 aliphatic carbocycles. The highest BCUT2D eigenvalue weighted by Crippen LogP contribution is 2.20. The average molecular weight is 426 g/mol. The van der Waals surface area contributed by atoms with Gasteiger partial charge in [-0.15, -0.1) is 0 Å². The standard InChI is InChI=1S/C26H23FN4O/c1-17-9-10-21(18(2)11-17)14-28-25(32)20-6-4-8-24(13-20)31-26-29-15-22(16-30-26)19-5-3-7-23(27)12-19/h3-13,15-16H,14H2,1-2H3,(H,28,32)(H,29,30,31). The Hall–Kier alpha value is -4.06. The molecule has 160 valence electrons. The van der Waals surface area contributed by atoms with Gasteiger partial charge in [0.1, 0.15) is 5.82 Å². The van der Waals surface area contributed by atoms with Gasteiger partial charge in [0, 0.05) is 35.8 Å². The minimum absolute atomic E-state index is 0.156. The number of hydrogen-bond donors (Lipinski definition) is 2. The van der Waals surface area contributed by atoms with Crippen molar-refractivity contribution in [2.24, 2.45) is 0 Å². The topological polar surface area (TPSA) is 66.9 Å². The SMILES string of the molecule is Cc1ccc(CNC(=O)c2cccc(Nc3ncc(-c4cccc(F)c4)cn3)c2)c(C)c1. The number of aryl methyl sites for hydroxylation is 2. The van der Waals surface area contributed by atoms with E-state index < -0.39 is 0 Å². The van der Waals surface area contributed by atoms with Gasteiger partial charge in [-0.1, -0.05) is 42.0 Å². The number of anilines is 2. The van der Waals surface area contributed by atoms with Crippen molar-refractivity contribution in [1.29, 1.82) is 0 Å². The maximum Gasteiger partial charge on any atom is 0.251 e. The molecule has 0 atom stereocenters.